The number of guanidine groups is 1. The molecular formula is C14H18ClN3. The third kappa shape index (κ3) is 1.99. The molecule has 2 N–H and O–H groups in total. The number of nitrogens with two attached hydrogens (primary N) is 1. The Morgan fingerprint density at radius 2 is 2.17 bits per heavy atom. The Balaban J connectivity index is 2.42. The number of hydrogen-bond donors (Lipinski definition) is 1. The van der Waals surface area contributed by atoms with E-state index < -0.39 is 0 Å². The largest absolute Gasteiger partial charge is 0.370 e. The second-order valence-corrected chi connectivity index (χ2v) is 4.90. The van der Waals surface area contributed by atoms with Gasteiger partial charge in [0.25, 0.3) is 0 Å². The highest BCUT2D eigenvalue weighted by atomic mass is 35.5. The van der Waals surface area contributed by atoms with Crippen molar-refractivity contribution < 1.29 is 0 Å². The van der Waals surface area contributed by atoms with Gasteiger partial charge in [-0.2, -0.15) is 0 Å². The molecule has 0 bridgehead atoms. The topological polar surface area (TPSA) is 41.6 Å². The maximum Gasteiger partial charge on any atom is 0.192 e. The molecule has 0 aliphatic carbocycles. The first-order valence-corrected chi connectivity index (χ1v) is 6.46. The molecule has 0 fully saturated rings. The highest BCUT2D eigenvalue weighted by Gasteiger charge is 2.41. The van der Waals surface area contributed by atoms with E-state index in [0.717, 1.165) is 11.4 Å². The summed E-state index contributed by atoms with van der Waals surface area (Å²) in [6.07, 6.45) is 2.79. The molecule has 18 heavy (non-hydrogen) atoms. The molecule has 1 atom stereocenters. The normalized spacial score (nSPS) is 23.0. The van der Waals surface area contributed by atoms with E-state index >= 15 is 0 Å². The highest BCUT2D eigenvalue weighted by Crippen LogP contribution is 2.36. The third-order valence-corrected chi connectivity index (χ3v) is 3.83. The number of benzene rings is 1. The van der Waals surface area contributed by atoms with Gasteiger partial charge in [0, 0.05) is 11.6 Å². The summed E-state index contributed by atoms with van der Waals surface area (Å²) in [5.41, 5.74) is 7.02. The number of hydrogen-bond acceptors (Lipinski definition) is 3. The van der Waals surface area contributed by atoms with Gasteiger partial charge in [0.15, 0.2) is 5.96 Å². The van der Waals surface area contributed by atoms with Crippen LogP contribution in [0.1, 0.15) is 18.9 Å². The average Bonchev–Trinajstić information content (AvgIpc) is 2.70. The second kappa shape index (κ2) is 5.02. The molecule has 1 aliphatic rings. The van der Waals surface area contributed by atoms with Gasteiger partial charge in [0.2, 0.25) is 0 Å². The summed E-state index contributed by atoms with van der Waals surface area (Å²) < 4.78 is 0. The van der Waals surface area contributed by atoms with Crippen LogP contribution in [0.5, 0.6) is 0 Å². The summed E-state index contributed by atoms with van der Waals surface area (Å²) in [6, 6.07) is 7.93. The van der Waals surface area contributed by atoms with E-state index in [9.17, 15) is 0 Å². The van der Waals surface area contributed by atoms with Crippen molar-refractivity contribution in [3.8, 4) is 0 Å². The van der Waals surface area contributed by atoms with Crippen LogP contribution in [0.4, 0.5) is 0 Å². The Hall–Kier alpha value is -1.48. The fraction of sp³-hybridized carbons (Fsp3) is 0.357. The quantitative estimate of drug-likeness (QED) is 0.849. The Labute approximate surface area is 113 Å². The van der Waals surface area contributed by atoms with E-state index in [2.05, 4.69) is 35.5 Å². The van der Waals surface area contributed by atoms with Crippen LogP contribution in [0.2, 0.25) is 5.02 Å². The van der Waals surface area contributed by atoms with Crippen molar-refractivity contribution in [1.82, 2.24) is 4.90 Å². The molecule has 2 rings (SSSR count). The first-order chi connectivity index (χ1) is 8.64. The lowest BCUT2D eigenvalue weighted by molar-refractivity contribution is 0.211. The fourth-order valence-electron chi connectivity index (χ4n) is 2.51. The summed E-state index contributed by atoms with van der Waals surface area (Å²) in [5, 5.41) is 0.743. The summed E-state index contributed by atoms with van der Waals surface area (Å²) in [7, 11) is 0. The van der Waals surface area contributed by atoms with Crippen molar-refractivity contribution in [1.29, 1.82) is 0 Å². The molecule has 0 saturated carbocycles. The van der Waals surface area contributed by atoms with Crippen LogP contribution in [0, 0.1) is 0 Å². The van der Waals surface area contributed by atoms with E-state index in [0.29, 0.717) is 19.0 Å². The van der Waals surface area contributed by atoms with Gasteiger partial charge in [-0.05, 0) is 24.1 Å². The Morgan fingerprint density at radius 1 is 1.50 bits per heavy atom. The van der Waals surface area contributed by atoms with Crippen molar-refractivity contribution in [2.24, 2.45) is 10.7 Å². The molecule has 1 aliphatic heterocycles. The van der Waals surface area contributed by atoms with Crippen molar-refractivity contribution in [3.63, 3.8) is 0 Å². The monoisotopic (exact) mass is 263 g/mol. The van der Waals surface area contributed by atoms with Gasteiger partial charge in [-0.3, -0.25) is 4.99 Å². The van der Waals surface area contributed by atoms with Crippen molar-refractivity contribution in [2.45, 2.75) is 18.9 Å². The molecule has 96 valence electrons. The Morgan fingerprint density at radius 3 is 2.72 bits per heavy atom. The van der Waals surface area contributed by atoms with E-state index in [1.54, 1.807) is 0 Å². The van der Waals surface area contributed by atoms with Gasteiger partial charge in [-0.25, -0.2) is 0 Å². The van der Waals surface area contributed by atoms with Crippen molar-refractivity contribution in [2.75, 3.05) is 13.1 Å². The van der Waals surface area contributed by atoms with Crippen molar-refractivity contribution >= 4 is 17.6 Å². The van der Waals surface area contributed by atoms with Crippen LogP contribution in [0.3, 0.4) is 0 Å². The average molecular weight is 264 g/mol. The zero-order valence-corrected chi connectivity index (χ0v) is 11.3. The fourth-order valence-corrected chi connectivity index (χ4v) is 2.64. The highest BCUT2D eigenvalue weighted by molar-refractivity contribution is 6.30. The molecule has 1 aromatic carbocycles. The lowest BCUT2D eigenvalue weighted by Crippen LogP contribution is -2.49. The molecule has 0 amide bonds. The molecule has 1 heterocycles. The molecule has 3 nitrogen and oxygen atoms in total. The standard InChI is InChI=1S/C14H18ClN3/c1-3-9-18-13(16)17-10-14(18,4-2)11-5-7-12(15)8-6-11/h3,5-8H,1,4,9-10H2,2H3,(H2,16,17). The summed E-state index contributed by atoms with van der Waals surface area (Å²) in [6.45, 7) is 7.33. The number of halogens is 1. The molecule has 0 aromatic heterocycles. The molecule has 0 saturated heterocycles. The van der Waals surface area contributed by atoms with Crippen LogP contribution >= 0.6 is 11.6 Å². The van der Waals surface area contributed by atoms with Gasteiger partial charge in [0.05, 0.1) is 12.1 Å². The first kappa shape index (κ1) is 13.0. The molecule has 0 radical (unpaired) electrons. The minimum Gasteiger partial charge on any atom is -0.370 e. The summed E-state index contributed by atoms with van der Waals surface area (Å²) >= 11 is 5.95. The van der Waals surface area contributed by atoms with E-state index in [1.165, 1.54) is 5.56 Å². The van der Waals surface area contributed by atoms with Gasteiger partial charge < -0.3 is 10.6 Å². The molecule has 0 spiro atoms. The zero-order chi connectivity index (χ0) is 13.2. The minimum atomic E-state index is -0.164. The van der Waals surface area contributed by atoms with Crippen LogP contribution in [-0.4, -0.2) is 23.9 Å². The Kier molecular flexibility index (Phi) is 3.62. The van der Waals surface area contributed by atoms with Gasteiger partial charge >= 0.3 is 0 Å². The number of aliphatic imine (C=N–C) groups is 1. The van der Waals surface area contributed by atoms with Crippen molar-refractivity contribution in [3.05, 3.63) is 47.5 Å². The van der Waals surface area contributed by atoms with E-state index in [-0.39, 0.29) is 5.54 Å². The van der Waals surface area contributed by atoms with Gasteiger partial charge in [-0.15, -0.1) is 6.58 Å². The summed E-state index contributed by atoms with van der Waals surface area (Å²) in [5.74, 6) is 0.590. The maximum absolute atomic E-state index is 5.99. The predicted octanol–water partition coefficient (Wildman–Crippen LogP) is 2.76. The number of nitrogens with zero attached hydrogens (tertiary/aromatic N) is 2. The molecule has 1 aromatic rings. The Bertz CT molecular complexity index is 466. The van der Waals surface area contributed by atoms with Crippen LogP contribution in [-0.2, 0) is 5.54 Å². The van der Waals surface area contributed by atoms with E-state index in [4.69, 9.17) is 17.3 Å². The second-order valence-electron chi connectivity index (χ2n) is 4.47. The lowest BCUT2D eigenvalue weighted by Gasteiger charge is -2.38. The molecular weight excluding hydrogens is 246 g/mol. The smallest absolute Gasteiger partial charge is 0.192 e. The minimum absolute atomic E-state index is 0.164. The van der Waals surface area contributed by atoms with Crippen LogP contribution in [0.15, 0.2) is 41.9 Å². The maximum atomic E-state index is 5.99. The van der Waals surface area contributed by atoms with E-state index in [1.807, 2.05) is 18.2 Å². The number of rotatable bonds is 4. The SMILES string of the molecule is C=CCN1C(N)=NCC1(CC)c1ccc(Cl)cc1. The predicted molar refractivity (Wildman–Crippen MR) is 76.8 cm³/mol. The zero-order valence-electron chi connectivity index (χ0n) is 10.6. The first-order valence-electron chi connectivity index (χ1n) is 6.08. The van der Waals surface area contributed by atoms with Gasteiger partial charge in [0.1, 0.15) is 0 Å². The van der Waals surface area contributed by atoms with Crippen LogP contribution < -0.4 is 5.73 Å². The third-order valence-electron chi connectivity index (χ3n) is 3.57. The molecule has 4 heteroatoms. The summed E-state index contributed by atoms with van der Waals surface area (Å²) in [4.78, 5) is 6.51. The lowest BCUT2D eigenvalue weighted by atomic mass is 9.86. The van der Waals surface area contributed by atoms with Crippen LogP contribution in [0.25, 0.3) is 0 Å². The molecule has 1 unspecified atom stereocenters. The van der Waals surface area contributed by atoms with Gasteiger partial charge in [-0.1, -0.05) is 36.7 Å².